The van der Waals surface area contributed by atoms with E-state index in [1.54, 1.807) is 24.3 Å². The third-order valence-electron chi connectivity index (χ3n) is 2.56. The first-order valence-electron chi connectivity index (χ1n) is 5.59. The normalized spacial score (nSPS) is 10.1. The fraction of sp³-hybridized carbons (Fsp3) is 0. The van der Waals surface area contributed by atoms with Crippen LogP contribution in [-0.4, -0.2) is 10.8 Å². The number of rotatable bonds is 3. The van der Waals surface area contributed by atoms with E-state index < -0.39 is 10.8 Å². The Hall–Kier alpha value is -2.60. The minimum absolute atomic E-state index is 0.0144. The number of nitro groups is 1. The molecule has 0 aromatic heterocycles. The number of nitrogens with two attached hydrogens (primary N) is 1. The van der Waals surface area contributed by atoms with E-state index in [9.17, 15) is 14.9 Å². The van der Waals surface area contributed by atoms with Gasteiger partial charge in [0.1, 0.15) is 5.56 Å². The van der Waals surface area contributed by atoms with Crippen molar-refractivity contribution in [1.82, 2.24) is 0 Å². The van der Waals surface area contributed by atoms with Gasteiger partial charge >= 0.3 is 0 Å². The van der Waals surface area contributed by atoms with Crippen molar-refractivity contribution >= 4 is 34.6 Å². The number of nitrogens with zero attached hydrogens (tertiary/aromatic N) is 1. The summed E-state index contributed by atoms with van der Waals surface area (Å²) in [4.78, 5) is 22.4. The number of hydrogen-bond acceptors (Lipinski definition) is 4. The fourth-order valence-electron chi connectivity index (χ4n) is 1.70. The van der Waals surface area contributed by atoms with E-state index in [0.29, 0.717) is 11.4 Å². The maximum atomic E-state index is 12.1. The lowest BCUT2D eigenvalue weighted by Gasteiger charge is -2.07. The number of benzene rings is 2. The van der Waals surface area contributed by atoms with Gasteiger partial charge in [0.05, 0.1) is 9.95 Å². The number of nitro benzene ring substituents is 1. The maximum Gasteiger partial charge on any atom is 0.283 e. The number of nitrogen functional groups attached to an aromatic ring is 1. The molecule has 2 aromatic carbocycles. The van der Waals surface area contributed by atoms with Crippen molar-refractivity contribution in [3.63, 3.8) is 0 Å². The topological polar surface area (TPSA) is 98.3 Å². The lowest BCUT2D eigenvalue weighted by Crippen LogP contribution is -2.14. The highest BCUT2D eigenvalue weighted by Gasteiger charge is 2.23. The molecule has 0 aliphatic heterocycles. The summed E-state index contributed by atoms with van der Waals surface area (Å²) in [7, 11) is 0. The van der Waals surface area contributed by atoms with E-state index in [4.69, 9.17) is 17.3 Å². The minimum atomic E-state index is -0.659. The average Bonchev–Trinajstić information content (AvgIpc) is 2.38. The molecule has 7 heteroatoms. The SMILES string of the molecule is Nc1cccc(NC(=O)c2c(Cl)cccc2[N+](=O)[O-])c1. The van der Waals surface area contributed by atoms with Gasteiger partial charge in [-0.05, 0) is 24.3 Å². The predicted molar refractivity (Wildman–Crippen MR) is 76.9 cm³/mol. The Morgan fingerprint density at radius 3 is 2.60 bits per heavy atom. The second kappa shape index (κ2) is 5.58. The first-order valence-corrected chi connectivity index (χ1v) is 5.96. The highest BCUT2D eigenvalue weighted by molar-refractivity contribution is 6.35. The van der Waals surface area contributed by atoms with Gasteiger partial charge < -0.3 is 11.1 Å². The van der Waals surface area contributed by atoms with Crippen molar-refractivity contribution in [3.8, 4) is 0 Å². The number of carbonyl (C=O) groups excluding carboxylic acids is 1. The number of nitrogens with one attached hydrogen (secondary N) is 1. The van der Waals surface area contributed by atoms with Crippen LogP contribution in [0.1, 0.15) is 10.4 Å². The van der Waals surface area contributed by atoms with E-state index in [2.05, 4.69) is 5.32 Å². The zero-order chi connectivity index (χ0) is 14.7. The van der Waals surface area contributed by atoms with Crippen LogP contribution in [0.5, 0.6) is 0 Å². The van der Waals surface area contributed by atoms with Crippen molar-refractivity contribution in [1.29, 1.82) is 0 Å². The second-order valence-corrected chi connectivity index (χ2v) is 4.38. The summed E-state index contributed by atoms with van der Waals surface area (Å²) < 4.78 is 0. The van der Waals surface area contributed by atoms with E-state index in [1.807, 2.05) is 0 Å². The van der Waals surface area contributed by atoms with Crippen LogP contribution < -0.4 is 11.1 Å². The van der Waals surface area contributed by atoms with Crippen molar-refractivity contribution in [2.45, 2.75) is 0 Å². The Balaban J connectivity index is 2.37. The molecule has 0 aliphatic rings. The Morgan fingerprint density at radius 2 is 1.95 bits per heavy atom. The summed E-state index contributed by atoms with van der Waals surface area (Å²) in [5, 5.41) is 13.5. The number of carbonyl (C=O) groups is 1. The molecule has 0 radical (unpaired) electrons. The van der Waals surface area contributed by atoms with Gasteiger partial charge in [-0.1, -0.05) is 23.7 Å². The summed E-state index contributed by atoms with van der Waals surface area (Å²) >= 11 is 5.88. The maximum absolute atomic E-state index is 12.1. The lowest BCUT2D eigenvalue weighted by molar-refractivity contribution is -0.385. The molecule has 3 N–H and O–H groups in total. The Morgan fingerprint density at radius 1 is 1.25 bits per heavy atom. The molecule has 0 saturated carbocycles. The molecule has 0 saturated heterocycles. The van der Waals surface area contributed by atoms with E-state index >= 15 is 0 Å². The van der Waals surface area contributed by atoms with Crippen molar-refractivity contribution in [3.05, 3.63) is 63.2 Å². The van der Waals surface area contributed by atoms with Crippen LogP contribution in [0.15, 0.2) is 42.5 Å². The summed E-state index contributed by atoms with van der Waals surface area (Å²) in [6.07, 6.45) is 0. The van der Waals surface area contributed by atoms with Gasteiger partial charge in [0.25, 0.3) is 11.6 Å². The fourth-order valence-corrected chi connectivity index (χ4v) is 1.96. The molecule has 0 fully saturated rings. The summed E-state index contributed by atoms with van der Waals surface area (Å²) in [6, 6.07) is 10.5. The molecule has 0 unspecified atom stereocenters. The molecule has 6 nitrogen and oxygen atoms in total. The Labute approximate surface area is 119 Å². The molecular weight excluding hydrogens is 282 g/mol. The highest BCUT2D eigenvalue weighted by Crippen LogP contribution is 2.27. The number of hydrogen-bond donors (Lipinski definition) is 2. The molecule has 1 amide bonds. The third kappa shape index (κ3) is 2.86. The van der Waals surface area contributed by atoms with Gasteiger partial charge in [-0.2, -0.15) is 0 Å². The average molecular weight is 292 g/mol. The minimum Gasteiger partial charge on any atom is -0.399 e. The third-order valence-corrected chi connectivity index (χ3v) is 2.87. The Bertz CT molecular complexity index is 688. The molecule has 0 spiro atoms. The molecular formula is C13H10ClN3O3. The van der Waals surface area contributed by atoms with Crippen LogP contribution >= 0.6 is 11.6 Å². The summed E-state index contributed by atoms with van der Waals surface area (Å²) in [5.41, 5.74) is 5.97. The number of halogens is 1. The van der Waals surface area contributed by atoms with Gasteiger partial charge in [0, 0.05) is 17.4 Å². The van der Waals surface area contributed by atoms with Crippen molar-refractivity contribution in [2.24, 2.45) is 0 Å². The molecule has 0 bridgehead atoms. The number of anilines is 2. The van der Waals surface area contributed by atoms with Gasteiger partial charge in [-0.15, -0.1) is 0 Å². The van der Waals surface area contributed by atoms with Crippen LogP contribution in [-0.2, 0) is 0 Å². The van der Waals surface area contributed by atoms with Gasteiger partial charge in [0.2, 0.25) is 0 Å². The van der Waals surface area contributed by atoms with Crippen LogP contribution in [0, 0.1) is 10.1 Å². The first-order chi connectivity index (χ1) is 9.49. The smallest absolute Gasteiger partial charge is 0.283 e. The van der Waals surface area contributed by atoms with E-state index in [0.717, 1.165) is 0 Å². The molecule has 0 aliphatic carbocycles. The number of amides is 1. The zero-order valence-electron chi connectivity index (χ0n) is 10.2. The zero-order valence-corrected chi connectivity index (χ0v) is 10.9. The molecule has 20 heavy (non-hydrogen) atoms. The van der Waals surface area contributed by atoms with Crippen LogP contribution in [0.2, 0.25) is 5.02 Å². The van der Waals surface area contributed by atoms with Gasteiger partial charge in [-0.3, -0.25) is 14.9 Å². The monoisotopic (exact) mass is 291 g/mol. The standard InChI is InChI=1S/C13H10ClN3O3/c14-10-5-2-6-11(17(19)20)12(10)13(18)16-9-4-1-3-8(15)7-9/h1-7H,15H2,(H,16,18). The van der Waals surface area contributed by atoms with E-state index in [-0.39, 0.29) is 16.3 Å². The van der Waals surface area contributed by atoms with E-state index in [1.165, 1.54) is 18.2 Å². The first kappa shape index (κ1) is 13.8. The molecule has 0 atom stereocenters. The predicted octanol–water partition coefficient (Wildman–Crippen LogP) is 3.08. The van der Waals surface area contributed by atoms with Crippen LogP contribution in [0.4, 0.5) is 17.1 Å². The van der Waals surface area contributed by atoms with Crippen LogP contribution in [0.3, 0.4) is 0 Å². The molecule has 102 valence electrons. The van der Waals surface area contributed by atoms with Gasteiger partial charge in [-0.25, -0.2) is 0 Å². The van der Waals surface area contributed by atoms with Crippen molar-refractivity contribution < 1.29 is 9.72 Å². The molecule has 2 rings (SSSR count). The molecule has 2 aromatic rings. The van der Waals surface area contributed by atoms with Crippen molar-refractivity contribution in [2.75, 3.05) is 11.1 Å². The van der Waals surface area contributed by atoms with Gasteiger partial charge in [0.15, 0.2) is 0 Å². The quantitative estimate of drug-likeness (QED) is 0.516. The largest absolute Gasteiger partial charge is 0.399 e. The second-order valence-electron chi connectivity index (χ2n) is 3.97. The Kier molecular flexibility index (Phi) is 3.86. The highest BCUT2D eigenvalue weighted by atomic mass is 35.5. The lowest BCUT2D eigenvalue weighted by atomic mass is 10.1. The summed E-state index contributed by atoms with van der Waals surface area (Å²) in [6.45, 7) is 0. The summed E-state index contributed by atoms with van der Waals surface area (Å²) in [5.74, 6) is -0.659. The molecule has 0 heterocycles. The van der Waals surface area contributed by atoms with Crippen LogP contribution in [0.25, 0.3) is 0 Å².